The van der Waals surface area contributed by atoms with Crippen molar-refractivity contribution >= 4 is 16.0 Å². The van der Waals surface area contributed by atoms with Crippen molar-refractivity contribution in [3.8, 4) is 0 Å². The van der Waals surface area contributed by atoms with Crippen LogP contribution in [0.1, 0.15) is 10.4 Å². The van der Waals surface area contributed by atoms with E-state index in [4.69, 9.17) is 5.11 Å². The number of carbonyl (C=O) groups is 1. The summed E-state index contributed by atoms with van der Waals surface area (Å²) in [5.41, 5.74) is -0.381. The molecule has 19 heavy (non-hydrogen) atoms. The molecule has 0 aliphatic heterocycles. The van der Waals surface area contributed by atoms with Crippen LogP contribution in [0.15, 0.2) is 35.7 Å². The highest BCUT2D eigenvalue weighted by Gasteiger charge is 2.24. The highest BCUT2D eigenvalue weighted by atomic mass is 32.2. The van der Waals surface area contributed by atoms with E-state index >= 15 is 0 Å². The number of aromatic nitrogens is 3. The fourth-order valence-corrected chi connectivity index (χ4v) is 2.64. The van der Waals surface area contributed by atoms with Crippen molar-refractivity contribution in [2.45, 2.75) is 11.6 Å². The van der Waals surface area contributed by atoms with Crippen LogP contribution in [-0.4, -0.2) is 40.8 Å². The van der Waals surface area contributed by atoms with Crippen molar-refractivity contribution in [3.63, 3.8) is 0 Å². The van der Waals surface area contributed by atoms with Crippen molar-refractivity contribution in [3.05, 3.63) is 36.3 Å². The van der Waals surface area contributed by atoms with Gasteiger partial charge in [0, 0.05) is 25.5 Å². The summed E-state index contributed by atoms with van der Waals surface area (Å²) in [4.78, 5) is 10.8. The molecular weight excluding hydrogens is 272 g/mol. The minimum atomic E-state index is -3.91. The third kappa shape index (κ3) is 3.01. The van der Waals surface area contributed by atoms with Crippen LogP contribution in [0.2, 0.25) is 0 Å². The Hall–Kier alpha value is -2.13. The largest absolute Gasteiger partial charge is 0.478 e. The van der Waals surface area contributed by atoms with E-state index in [2.05, 4.69) is 14.9 Å². The summed E-state index contributed by atoms with van der Waals surface area (Å²) in [6.07, 6.45) is 4.56. The topological polar surface area (TPSA) is 117 Å². The van der Waals surface area contributed by atoms with Crippen LogP contribution < -0.4 is 4.72 Å². The molecule has 3 N–H and O–H groups in total. The number of nitrogens with zero attached hydrogens (tertiary/aromatic N) is 2. The Bertz CT molecular complexity index is 660. The minimum absolute atomic E-state index is 0.148. The predicted molar refractivity (Wildman–Crippen MR) is 65.2 cm³/mol. The van der Waals surface area contributed by atoms with Gasteiger partial charge in [-0.2, -0.15) is 5.10 Å². The molecule has 2 rings (SSSR count). The summed E-state index contributed by atoms with van der Waals surface area (Å²) in [6.45, 7) is 0.595. The first-order valence-corrected chi connectivity index (χ1v) is 6.86. The van der Waals surface area contributed by atoms with Gasteiger partial charge in [-0.1, -0.05) is 0 Å². The molecule has 0 saturated heterocycles. The lowest BCUT2D eigenvalue weighted by molar-refractivity contribution is 0.0692. The first kappa shape index (κ1) is 13.3. The number of hydrogen-bond acceptors (Lipinski definition) is 4. The molecule has 102 valence electrons. The van der Waals surface area contributed by atoms with Crippen molar-refractivity contribution in [1.29, 1.82) is 0 Å². The van der Waals surface area contributed by atoms with Gasteiger partial charge in [0.15, 0.2) is 5.03 Å². The van der Waals surface area contributed by atoms with E-state index in [1.165, 1.54) is 0 Å². The fraction of sp³-hybridized carbons (Fsp3) is 0.200. The maximum absolute atomic E-state index is 11.9. The standard InChI is InChI=1S/C10H12N4O4S/c15-10(16)8-7-11-13-9(8)19(17,18)12-3-6-14-4-1-2-5-14/h1-2,4-5,7,12H,3,6H2,(H,11,13)(H,15,16). The molecule has 2 aromatic rings. The zero-order valence-electron chi connectivity index (χ0n) is 9.78. The molecule has 0 atom stereocenters. The quantitative estimate of drug-likeness (QED) is 0.684. The lowest BCUT2D eigenvalue weighted by Crippen LogP contribution is -2.28. The average Bonchev–Trinajstić information content (AvgIpc) is 2.99. The van der Waals surface area contributed by atoms with Crippen LogP contribution >= 0.6 is 0 Å². The Morgan fingerprint density at radius 3 is 2.74 bits per heavy atom. The molecule has 2 heterocycles. The van der Waals surface area contributed by atoms with Gasteiger partial charge in [-0.3, -0.25) is 5.10 Å². The number of carboxylic acids is 1. The molecule has 0 fully saturated rings. The first-order valence-electron chi connectivity index (χ1n) is 5.38. The zero-order chi connectivity index (χ0) is 13.9. The predicted octanol–water partition coefficient (Wildman–Crippen LogP) is -0.112. The highest BCUT2D eigenvalue weighted by molar-refractivity contribution is 7.89. The second-order valence-corrected chi connectivity index (χ2v) is 5.44. The van der Waals surface area contributed by atoms with E-state index in [1.807, 2.05) is 12.1 Å². The number of hydrogen-bond donors (Lipinski definition) is 3. The van der Waals surface area contributed by atoms with Crippen LogP contribution in [0, 0.1) is 0 Å². The number of aromatic carboxylic acids is 1. The molecule has 0 amide bonds. The van der Waals surface area contributed by atoms with Gasteiger partial charge in [0.2, 0.25) is 0 Å². The van der Waals surface area contributed by atoms with E-state index in [1.54, 1.807) is 17.0 Å². The smallest absolute Gasteiger partial charge is 0.340 e. The van der Waals surface area contributed by atoms with E-state index in [9.17, 15) is 13.2 Å². The fourth-order valence-electron chi connectivity index (χ4n) is 1.53. The number of rotatable bonds is 6. The lowest BCUT2D eigenvalue weighted by atomic mass is 10.4. The number of sulfonamides is 1. The monoisotopic (exact) mass is 284 g/mol. The number of carboxylic acid groups (broad SMARTS) is 1. The summed E-state index contributed by atoms with van der Waals surface area (Å²) < 4.78 is 27.9. The molecule has 2 aromatic heterocycles. The molecule has 8 nitrogen and oxygen atoms in total. The Balaban J connectivity index is 2.06. The van der Waals surface area contributed by atoms with Gasteiger partial charge in [0.05, 0.1) is 6.20 Å². The van der Waals surface area contributed by atoms with Crippen LogP contribution in [0.4, 0.5) is 0 Å². The van der Waals surface area contributed by atoms with Gasteiger partial charge in [-0.05, 0) is 12.1 Å². The van der Waals surface area contributed by atoms with Gasteiger partial charge < -0.3 is 9.67 Å². The molecule has 9 heteroatoms. The molecule has 0 radical (unpaired) electrons. The normalized spacial score (nSPS) is 11.6. The third-order valence-corrected chi connectivity index (χ3v) is 3.86. The molecular formula is C10H12N4O4S. The Morgan fingerprint density at radius 1 is 1.42 bits per heavy atom. The maximum Gasteiger partial charge on any atom is 0.340 e. The molecule has 0 aliphatic carbocycles. The van der Waals surface area contributed by atoms with Crippen LogP contribution in [-0.2, 0) is 16.6 Å². The molecule has 0 unspecified atom stereocenters. The second kappa shape index (κ2) is 5.24. The van der Waals surface area contributed by atoms with Gasteiger partial charge in [0.1, 0.15) is 5.56 Å². The summed E-state index contributed by atoms with van der Waals surface area (Å²) >= 11 is 0. The molecule has 0 bridgehead atoms. The number of nitrogens with one attached hydrogen (secondary N) is 2. The van der Waals surface area contributed by atoms with Gasteiger partial charge in [-0.15, -0.1) is 0 Å². The van der Waals surface area contributed by atoms with Crippen LogP contribution in [0.5, 0.6) is 0 Å². The zero-order valence-corrected chi connectivity index (χ0v) is 10.6. The maximum atomic E-state index is 11.9. The van der Waals surface area contributed by atoms with E-state index in [0.717, 1.165) is 6.20 Å². The second-order valence-electron chi connectivity index (χ2n) is 3.74. The van der Waals surface area contributed by atoms with Crippen LogP contribution in [0.3, 0.4) is 0 Å². The van der Waals surface area contributed by atoms with Crippen molar-refractivity contribution < 1.29 is 18.3 Å². The third-order valence-electron chi connectivity index (χ3n) is 2.43. The number of H-pyrrole nitrogens is 1. The first-order chi connectivity index (χ1) is 9.00. The summed E-state index contributed by atoms with van der Waals surface area (Å²) in [5.74, 6) is -1.35. The van der Waals surface area contributed by atoms with Crippen molar-refractivity contribution in [1.82, 2.24) is 19.5 Å². The Kier molecular flexibility index (Phi) is 3.67. The molecule has 0 aliphatic rings. The Labute approximate surface area is 109 Å². The summed E-state index contributed by atoms with van der Waals surface area (Å²) in [7, 11) is -3.91. The summed E-state index contributed by atoms with van der Waals surface area (Å²) in [5, 5.41) is 14.0. The summed E-state index contributed by atoms with van der Waals surface area (Å²) in [6, 6.07) is 3.65. The van der Waals surface area contributed by atoms with E-state index in [0.29, 0.717) is 6.54 Å². The van der Waals surface area contributed by atoms with Crippen molar-refractivity contribution in [2.75, 3.05) is 6.54 Å². The van der Waals surface area contributed by atoms with E-state index in [-0.39, 0.29) is 12.1 Å². The average molecular weight is 284 g/mol. The van der Waals surface area contributed by atoms with Crippen LogP contribution in [0.25, 0.3) is 0 Å². The lowest BCUT2D eigenvalue weighted by Gasteiger charge is -2.06. The van der Waals surface area contributed by atoms with Gasteiger partial charge >= 0.3 is 5.97 Å². The van der Waals surface area contributed by atoms with Crippen molar-refractivity contribution in [2.24, 2.45) is 0 Å². The number of aromatic amines is 1. The molecule has 0 aromatic carbocycles. The SMILES string of the molecule is O=C(O)c1cn[nH]c1S(=O)(=O)NCCn1cccc1. The van der Waals surface area contributed by atoms with Gasteiger partial charge in [0.25, 0.3) is 10.0 Å². The van der Waals surface area contributed by atoms with E-state index < -0.39 is 21.0 Å². The highest BCUT2D eigenvalue weighted by Crippen LogP contribution is 2.11. The molecule has 0 spiro atoms. The molecule has 0 saturated carbocycles. The Morgan fingerprint density at radius 2 is 2.11 bits per heavy atom. The van der Waals surface area contributed by atoms with Gasteiger partial charge in [-0.25, -0.2) is 17.9 Å². The minimum Gasteiger partial charge on any atom is -0.478 e.